The third-order valence-corrected chi connectivity index (χ3v) is 5.41. The largest absolute Gasteiger partial charge is 0.451 e. The average molecular weight is 367 g/mol. The first-order chi connectivity index (χ1) is 13.2. The second kappa shape index (κ2) is 7.94. The Labute approximate surface area is 159 Å². The van der Waals surface area contributed by atoms with Crippen molar-refractivity contribution in [2.75, 3.05) is 19.7 Å². The molecule has 2 heterocycles. The molecule has 6 heteroatoms. The minimum absolute atomic E-state index is 0.107. The summed E-state index contributed by atoms with van der Waals surface area (Å²) in [6.07, 6.45) is 7.10. The summed E-state index contributed by atoms with van der Waals surface area (Å²) in [4.78, 5) is 26.8. The Balaban J connectivity index is 1.47. The Kier molecular flexibility index (Phi) is 5.23. The zero-order valence-electron chi connectivity index (χ0n) is 15.5. The molecule has 2 aromatic rings. The van der Waals surface area contributed by atoms with Gasteiger partial charge in [0.05, 0.1) is 5.69 Å². The van der Waals surface area contributed by atoms with E-state index in [2.05, 4.69) is 5.10 Å². The van der Waals surface area contributed by atoms with Gasteiger partial charge in [0.2, 0.25) is 0 Å². The molecule has 6 nitrogen and oxygen atoms in total. The minimum Gasteiger partial charge on any atom is -0.451 e. The average Bonchev–Trinajstić information content (AvgIpc) is 3.20. The highest BCUT2D eigenvalue weighted by atomic mass is 16.5. The Morgan fingerprint density at radius 1 is 0.963 bits per heavy atom. The molecule has 4 rings (SSSR count). The lowest BCUT2D eigenvalue weighted by Gasteiger charge is -2.19. The van der Waals surface area contributed by atoms with E-state index in [1.165, 1.54) is 0 Å². The Hall–Kier alpha value is -2.63. The van der Waals surface area contributed by atoms with Crippen molar-refractivity contribution >= 4 is 11.9 Å². The molecule has 0 atom stereocenters. The molecule has 1 saturated heterocycles. The molecule has 1 aromatic carbocycles. The highest BCUT2D eigenvalue weighted by molar-refractivity contribution is 5.91. The highest BCUT2D eigenvalue weighted by Gasteiger charge is 2.28. The van der Waals surface area contributed by atoms with Gasteiger partial charge < -0.3 is 9.64 Å². The van der Waals surface area contributed by atoms with Gasteiger partial charge in [0.15, 0.2) is 12.3 Å². The van der Waals surface area contributed by atoms with Crippen molar-refractivity contribution in [3.05, 3.63) is 47.3 Å². The van der Waals surface area contributed by atoms with Crippen molar-refractivity contribution in [3.63, 3.8) is 0 Å². The number of rotatable bonds is 4. The topological polar surface area (TPSA) is 64.4 Å². The summed E-state index contributed by atoms with van der Waals surface area (Å²) in [7, 11) is 0. The van der Waals surface area contributed by atoms with Gasteiger partial charge in [-0.15, -0.1) is 0 Å². The van der Waals surface area contributed by atoms with Crippen molar-refractivity contribution in [1.82, 2.24) is 14.7 Å². The lowest BCUT2D eigenvalue weighted by atomic mass is 10.2. The first-order valence-corrected chi connectivity index (χ1v) is 9.85. The van der Waals surface area contributed by atoms with Crippen LogP contribution in [0.3, 0.4) is 0 Å². The van der Waals surface area contributed by atoms with Crippen molar-refractivity contribution in [1.29, 1.82) is 0 Å². The van der Waals surface area contributed by atoms with Gasteiger partial charge in [-0.05, 0) is 44.2 Å². The van der Waals surface area contributed by atoms with E-state index < -0.39 is 5.97 Å². The molecule has 1 aliphatic carbocycles. The maximum atomic E-state index is 12.6. The fourth-order valence-electron chi connectivity index (χ4n) is 3.99. The third-order valence-electron chi connectivity index (χ3n) is 5.41. The van der Waals surface area contributed by atoms with Crippen LogP contribution in [0.1, 0.15) is 53.8 Å². The summed E-state index contributed by atoms with van der Waals surface area (Å²) in [6, 6.07) is 9.82. The predicted molar refractivity (Wildman–Crippen MR) is 101 cm³/mol. The first-order valence-electron chi connectivity index (χ1n) is 9.85. The molecule has 1 fully saturated rings. The minimum atomic E-state index is -0.494. The number of para-hydroxylation sites is 1. The number of nitrogens with zero attached hydrogens (tertiary/aromatic N) is 3. The molecule has 0 bridgehead atoms. The molecule has 0 radical (unpaired) electrons. The van der Waals surface area contributed by atoms with E-state index in [-0.39, 0.29) is 12.5 Å². The van der Waals surface area contributed by atoms with Crippen LogP contribution in [0.25, 0.3) is 5.69 Å². The standard InChI is InChI=1S/C21H25N3O3/c25-19(23-13-6-1-2-7-14-23)15-27-21(26)20-17-11-8-12-18(17)24(22-20)16-9-4-3-5-10-16/h3-5,9-10H,1-2,6-8,11-15H2. The number of amides is 1. The van der Waals surface area contributed by atoms with E-state index in [9.17, 15) is 9.59 Å². The van der Waals surface area contributed by atoms with Crippen molar-refractivity contribution in [3.8, 4) is 5.69 Å². The van der Waals surface area contributed by atoms with Crippen LogP contribution in [-0.4, -0.2) is 46.3 Å². The number of aromatic nitrogens is 2. The van der Waals surface area contributed by atoms with E-state index in [1.54, 1.807) is 0 Å². The molecule has 0 saturated carbocycles. The highest BCUT2D eigenvalue weighted by Crippen LogP contribution is 2.28. The quantitative estimate of drug-likeness (QED) is 0.780. The van der Waals surface area contributed by atoms with E-state index in [1.807, 2.05) is 39.9 Å². The van der Waals surface area contributed by atoms with Gasteiger partial charge in [-0.2, -0.15) is 5.10 Å². The molecule has 1 amide bonds. The third kappa shape index (κ3) is 3.75. The fraction of sp³-hybridized carbons (Fsp3) is 0.476. The summed E-state index contributed by atoms with van der Waals surface area (Å²) in [5.41, 5.74) is 3.34. The number of fused-ring (bicyclic) bond motifs is 1. The van der Waals surface area contributed by atoms with Gasteiger partial charge >= 0.3 is 5.97 Å². The molecular formula is C21H25N3O3. The van der Waals surface area contributed by atoms with Crippen LogP contribution in [0.4, 0.5) is 0 Å². The lowest BCUT2D eigenvalue weighted by Crippen LogP contribution is -2.35. The van der Waals surface area contributed by atoms with Crippen LogP contribution in [0.2, 0.25) is 0 Å². The SMILES string of the molecule is O=C(OCC(=O)N1CCCCCC1)c1nn(-c2ccccc2)c2c1CCC2. The van der Waals surface area contributed by atoms with Crippen LogP contribution in [0.15, 0.2) is 30.3 Å². The zero-order chi connectivity index (χ0) is 18.6. The molecular weight excluding hydrogens is 342 g/mol. The Bertz CT molecular complexity index is 821. The van der Waals surface area contributed by atoms with Crippen molar-refractivity contribution in [2.24, 2.45) is 0 Å². The first kappa shape index (κ1) is 17.8. The van der Waals surface area contributed by atoms with E-state index in [4.69, 9.17) is 4.74 Å². The number of carbonyl (C=O) groups excluding carboxylic acids is 2. The van der Waals surface area contributed by atoms with E-state index in [0.717, 1.165) is 75.0 Å². The van der Waals surface area contributed by atoms with Gasteiger partial charge in [-0.3, -0.25) is 4.79 Å². The summed E-state index contributed by atoms with van der Waals surface area (Å²) in [6.45, 7) is 1.31. The van der Waals surface area contributed by atoms with Crippen LogP contribution in [0, 0.1) is 0 Å². The monoisotopic (exact) mass is 367 g/mol. The number of likely N-dealkylation sites (tertiary alicyclic amines) is 1. The zero-order valence-corrected chi connectivity index (χ0v) is 15.5. The maximum Gasteiger partial charge on any atom is 0.359 e. The Morgan fingerprint density at radius 3 is 2.44 bits per heavy atom. The van der Waals surface area contributed by atoms with Gasteiger partial charge in [-0.25, -0.2) is 9.48 Å². The number of hydrogen-bond acceptors (Lipinski definition) is 4. The van der Waals surface area contributed by atoms with E-state index >= 15 is 0 Å². The summed E-state index contributed by atoms with van der Waals surface area (Å²) < 4.78 is 7.20. The number of carbonyl (C=O) groups is 2. The Morgan fingerprint density at radius 2 is 1.70 bits per heavy atom. The van der Waals surface area contributed by atoms with Gasteiger partial charge in [0, 0.05) is 24.3 Å². The molecule has 0 spiro atoms. The second-order valence-corrected chi connectivity index (χ2v) is 7.25. The number of benzene rings is 1. The molecule has 1 aliphatic heterocycles. The fourth-order valence-corrected chi connectivity index (χ4v) is 3.99. The summed E-state index contributed by atoms with van der Waals surface area (Å²) in [5, 5.41) is 4.52. The smallest absolute Gasteiger partial charge is 0.359 e. The number of hydrogen-bond donors (Lipinski definition) is 0. The van der Waals surface area contributed by atoms with Crippen molar-refractivity contribution < 1.29 is 14.3 Å². The number of esters is 1. The van der Waals surface area contributed by atoms with Crippen LogP contribution < -0.4 is 0 Å². The summed E-state index contributed by atoms with van der Waals surface area (Å²) >= 11 is 0. The van der Waals surface area contributed by atoms with Gasteiger partial charge in [0.1, 0.15) is 0 Å². The maximum absolute atomic E-state index is 12.6. The van der Waals surface area contributed by atoms with Crippen molar-refractivity contribution in [2.45, 2.75) is 44.9 Å². The molecule has 2 aliphatic rings. The molecule has 27 heavy (non-hydrogen) atoms. The van der Waals surface area contributed by atoms with Crippen LogP contribution >= 0.6 is 0 Å². The normalized spacial score (nSPS) is 16.7. The predicted octanol–water partition coefficient (Wildman–Crippen LogP) is 2.92. The second-order valence-electron chi connectivity index (χ2n) is 7.25. The van der Waals surface area contributed by atoms with Gasteiger partial charge in [-0.1, -0.05) is 31.0 Å². The number of ether oxygens (including phenoxy) is 1. The molecule has 0 N–H and O–H groups in total. The van der Waals surface area contributed by atoms with Crippen LogP contribution in [0.5, 0.6) is 0 Å². The molecule has 0 unspecified atom stereocenters. The molecule has 1 aromatic heterocycles. The van der Waals surface area contributed by atoms with E-state index in [0.29, 0.717) is 5.69 Å². The summed E-state index contributed by atoms with van der Waals surface area (Å²) in [5.74, 6) is -0.601. The molecule has 142 valence electrons. The van der Waals surface area contributed by atoms with Gasteiger partial charge in [0.25, 0.3) is 5.91 Å². The van der Waals surface area contributed by atoms with Crippen LogP contribution in [-0.2, 0) is 22.4 Å². The lowest BCUT2D eigenvalue weighted by molar-refractivity contribution is -0.134.